The third-order valence-corrected chi connectivity index (χ3v) is 4.82. The average molecular weight is 416 g/mol. The van der Waals surface area contributed by atoms with Gasteiger partial charge in [-0.15, -0.1) is 0 Å². The van der Waals surface area contributed by atoms with Crippen molar-refractivity contribution in [3.8, 4) is 0 Å². The predicted molar refractivity (Wildman–Crippen MR) is 104 cm³/mol. The fraction of sp³-hybridized carbons (Fsp3) is 0.667. The van der Waals surface area contributed by atoms with E-state index in [4.69, 9.17) is 9.47 Å². The van der Waals surface area contributed by atoms with Crippen LogP contribution in [0.3, 0.4) is 0 Å². The second-order valence-corrected chi connectivity index (χ2v) is 8.66. The Bertz CT molecular complexity index is 637. The zero-order chi connectivity index (χ0) is 21.5. The first-order chi connectivity index (χ1) is 13.5. The van der Waals surface area contributed by atoms with Crippen molar-refractivity contribution in [3.63, 3.8) is 0 Å². The second kappa shape index (κ2) is 9.80. The molecule has 0 aromatic heterocycles. The van der Waals surface area contributed by atoms with Crippen molar-refractivity contribution in [2.45, 2.75) is 52.0 Å². The summed E-state index contributed by atoms with van der Waals surface area (Å²) >= 11 is 0. The maximum absolute atomic E-state index is 12.6. The number of piperidine rings is 1. The van der Waals surface area contributed by atoms with E-state index < -0.39 is 23.7 Å². The molecule has 1 amide bonds. The molecular formula is C21H31F3N2O3. The first kappa shape index (κ1) is 23.5. The normalized spacial score (nSPS) is 17.2. The molecule has 1 N–H and O–H groups in total. The summed E-state index contributed by atoms with van der Waals surface area (Å²) in [6.45, 7) is 6.14. The molecule has 1 heterocycles. The molecule has 0 bridgehead atoms. The third-order valence-electron chi connectivity index (χ3n) is 4.82. The molecule has 1 fully saturated rings. The summed E-state index contributed by atoms with van der Waals surface area (Å²) in [5, 5.41) is 2.53. The van der Waals surface area contributed by atoms with Crippen LogP contribution in [0.15, 0.2) is 30.3 Å². The molecule has 5 nitrogen and oxygen atoms in total. The lowest BCUT2D eigenvalue weighted by Crippen LogP contribution is -2.50. The number of amides is 1. The van der Waals surface area contributed by atoms with Crippen LogP contribution in [0.1, 0.15) is 39.2 Å². The Labute approximate surface area is 170 Å². The highest BCUT2D eigenvalue weighted by Gasteiger charge is 2.38. The summed E-state index contributed by atoms with van der Waals surface area (Å²) in [6, 6.07) is 9.63. The van der Waals surface area contributed by atoms with Crippen LogP contribution in [0, 0.1) is 5.41 Å². The van der Waals surface area contributed by atoms with Gasteiger partial charge < -0.3 is 19.7 Å². The van der Waals surface area contributed by atoms with Gasteiger partial charge in [0, 0.05) is 25.0 Å². The lowest BCUT2D eigenvalue weighted by atomic mass is 9.79. The van der Waals surface area contributed by atoms with Crippen molar-refractivity contribution in [3.05, 3.63) is 35.9 Å². The largest absolute Gasteiger partial charge is 0.444 e. The lowest BCUT2D eigenvalue weighted by Gasteiger charge is -2.42. The van der Waals surface area contributed by atoms with E-state index in [1.807, 2.05) is 30.3 Å². The second-order valence-electron chi connectivity index (χ2n) is 8.66. The van der Waals surface area contributed by atoms with E-state index in [9.17, 15) is 18.0 Å². The predicted octanol–water partition coefficient (Wildman–Crippen LogP) is 4.37. The monoisotopic (exact) mass is 416 g/mol. The van der Waals surface area contributed by atoms with Gasteiger partial charge in [0.15, 0.2) is 0 Å². The van der Waals surface area contributed by atoms with Crippen molar-refractivity contribution in [1.82, 2.24) is 10.2 Å². The topological polar surface area (TPSA) is 50.8 Å². The Morgan fingerprint density at radius 3 is 2.31 bits per heavy atom. The van der Waals surface area contributed by atoms with E-state index in [2.05, 4.69) is 5.32 Å². The number of hydrogen-bond donors (Lipinski definition) is 1. The molecule has 1 aromatic carbocycles. The van der Waals surface area contributed by atoms with Gasteiger partial charge in [-0.25, -0.2) is 4.79 Å². The smallest absolute Gasteiger partial charge is 0.410 e. The fourth-order valence-corrected chi connectivity index (χ4v) is 3.29. The molecule has 0 aliphatic carbocycles. The molecule has 8 heteroatoms. The molecule has 1 aliphatic heterocycles. The number of alkyl halides is 3. The van der Waals surface area contributed by atoms with Crippen molar-refractivity contribution >= 4 is 6.09 Å². The van der Waals surface area contributed by atoms with E-state index in [0.717, 1.165) is 5.56 Å². The molecule has 2 rings (SSSR count). The van der Waals surface area contributed by atoms with Gasteiger partial charge in [-0.05, 0) is 39.2 Å². The minimum Gasteiger partial charge on any atom is -0.444 e. The summed E-state index contributed by atoms with van der Waals surface area (Å²) in [4.78, 5) is 13.9. The maximum Gasteiger partial charge on any atom is 0.410 e. The fourth-order valence-electron chi connectivity index (χ4n) is 3.29. The number of ether oxygens (including phenoxy) is 2. The van der Waals surface area contributed by atoms with Crippen molar-refractivity contribution in [2.24, 2.45) is 5.41 Å². The Kier molecular flexibility index (Phi) is 7.94. The number of rotatable bonds is 7. The molecule has 164 valence electrons. The SMILES string of the molecule is CC(C)(C)OC(=O)N1CCC(CNCC(F)(F)F)(COCc2ccccc2)CC1. The minimum atomic E-state index is -4.26. The van der Waals surface area contributed by atoms with E-state index in [1.54, 1.807) is 25.7 Å². The van der Waals surface area contributed by atoms with Crippen LogP contribution in [-0.4, -0.2) is 55.6 Å². The summed E-state index contributed by atoms with van der Waals surface area (Å²) in [5.74, 6) is 0. The molecular weight excluding hydrogens is 385 g/mol. The lowest BCUT2D eigenvalue weighted by molar-refractivity contribution is -0.127. The molecule has 0 unspecified atom stereocenters. The number of halogens is 3. The van der Waals surface area contributed by atoms with Crippen LogP contribution < -0.4 is 5.32 Å². The number of carbonyl (C=O) groups is 1. The van der Waals surface area contributed by atoms with Gasteiger partial charge in [0.2, 0.25) is 0 Å². The number of likely N-dealkylation sites (tertiary alicyclic amines) is 1. The highest BCUT2D eigenvalue weighted by atomic mass is 19.4. The van der Waals surface area contributed by atoms with Gasteiger partial charge in [0.05, 0.1) is 19.8 Å². The van der Waals surface area contributed by atoms with E-state index >= 15 is 0 Å². The van der Waals surface area contributed by atoms with Crippen molar-refractivity contribution < 1.29 is 27.4 Å². The number of nitrogens with one attached hydrogen (secondary N) is 1. The zero-order valence-electron chi connectivity index (χ0n) is 17.3. The van der Waals surface area contributed by atoms with Gasteiger partial charge in [-0.2, -0.15) is 13.2 Å². The molecule has 0 saturated carbocycles. The van der Waals surface area contributed by atoms with Crippen LogP contribution in [0.2, 0.25) is 0 Å². The number of hydrogen-bond acceptors (Lipinski definition) is 4. The highest BCUT2D eigenvalue weighted by molar-refractivity contribution is 5.68. The van der Waals surface area contributed by atoms with E-state index in [1.165, 1.54) is 0 Å². The molecule has 1 saturated heterocycles. The van der Waals surface area contributed by atoms with Gasteiger partial charge in [-0.1, -0.05) is 30.3 Å². The van der Waals surface area contributed by atoms with Crippen molar-refractivity contribution in [1.29, 1.82) is 0 Å². The average Bonchev–Trinajstić information content (AvgIpc) is 2.61. The van der Waals surface area contributed by atoms with Crippen LogP contribution in [0.4, 0.5) is 18.0 Å². The van der Waals surface area contributed by atoms with Gasteiger partial charge in [-0.3, -0.25) is 0 Å². The molecule has 1 aliphatic rings. The molecule has 29 heavy (non-hydrogen) atoms. The standard InChI is InChI=1S/C21H31F3N2O3/c1-19(2,3)29-18(27)26-11-9-20(10-12-26,14-25-15-21(22,23)24)16-28-13-17-7-5-4-6-8-17/h4-8,25H,9-16H2,1-3H3. The van der Waals surface area contributed by atoms with Crippen LogP contribution in [-0.2, 0) is 16.1 Å². The number of carbonyl (C=O) groups excluding carboxylic acids is 1. The third kappa shape index (κ3) is 8.62. The summed E-state index contributed by atoms with van der Waals surface area (Å²) in [5.41, 5.74) is -0.0332. The first-order valence-corrected chi connectivity index (χ1v) is 9.85. The summed E-state index contributed by atoms with van der Waals surface area (Å²) in [6.07, 6.45) is -3.55. The summed E-state index contributed by atoms with van der Waals surface area (Å²) in [7, 11) is 0. The Balaban J connectivity index is 1.93. The van der Waals surface area contributed by atoms with Crippen molar-refractivity contribution in [2.75, 3.05) is 32.8 Å². The van der Waals surface area contributed by atoms with Crippen LogP contribution in [0.5, 0.6) is 0 Å². The quantitative estimate of drug-likeness (QED) is 0.717. The van der Waals surface area contributed by atoms with Gasteiger partial charge in [0.1, 0.15) is 5.60 Å². The van der Waals surface area contributed by atoms with Gasteiger partial charge >= 0.3 is 12.3 Å². The van der Waals surface area contributed by atoms with E-state index in [-0.39, 0.29) is 12.6 Å². The summed E-state index contributed by atoms with van der Waals surface area (Å²) < 4.78 is 49.0. The first-order valence-electron chi connectivity index (χ1n) is 9.85. The maximum atomic E-state index is 12.6. The number of benzene rings is 1. The molecule has 0 spiro atoms. The van der Waals surface area contributed by atoms with E-state index in [0.29, 0.717) is 39.1 Å². The Morgan fingerprint density at radius 2 is 1.76 bits per heavy atom. The molecule has 0 radical (unpaired) electrons. The Morgan fingerprint density at radius 1 is 1.14 bits per heavy atom. The van der Waals surface area contributed by atoms with Gasteiger partial charge in [0.25, 0.3) is 0 Å². The zero-order valence-corrected chi connectivity index (χ0v) is 17.3. The molecule has 0 atom stereocenters. The highest BCUT2D eigenvalue weighted by Crippen LogP contribution is 2.32. The molecule has 1 aromatic rings. The van der Waals surface area contributed by atoms with Crippen LogP contribution in [0.25, 0.3) is 0 Å². The Hall–Kier alpha value is -1.80. The minimum absolute atomic E-state index is 0.184. The van der Waals surface area contributed by atoms with Crippen LogP contribution >= 0.6 is 0 Å². The number of nitrogens with zero attached hydrogens (tertiary/aromatic N) is 1.